The smallest absolute Gasteiger partial charge is 0.256 e. The molecule has 1 heterocycles. The Morgan fingerprint density at radius 1 is 1.03 bits per heavy atom. The number of ether oxygens (including phenoxy) is 1. The van der Waals surface area contributed by atoms with Crippen molar-refractivity contribution in [1.82, 2.24) is 4.98 Å². The molecule has 0 aliphatic heterocycles. The van der Waals surface area contributed by atoms with Crippen LogP contribution in [0.4, 0.5) is 0 Å². The summed E-state index contributed by atoms with van der Waals surface area (Å²) >= 11 is 1.62. The number of carbonyl (C=O) groups is 1. The van der Waals surface area contributed by atoms with Crippen LogP contribution in [0, 0.1) is 6.92 Å². The number of carbonyl (C=O) groups excluding carboxylic acids is 1. The first-order chi connectivity index (χ1) is 15.7. The quantitative estimate of drug-likeness (QED) is 0.114. The van der Waals surface area contributed by atoms with Crippen molar-refractivity contribution in [2.75, 3.05) is 12.4 Å². The van der Waals surface area contributed by atoms with Crippen LogP contribution in [0.2, 0.25) is 0 Å². The van der Waals surface area contributed by atoms with Gasteiger partial charge >= 0.3 is 0 Å². The van der Waals surface area contributed by atoms with Crippen molar-refractivity contribution in [3.63, 3.8) is 0 Å². The molecule has 5 heteroatoms. The maximum Gasteiger partial charge on any atom is 0.256 e. The van der Waals surface area contributed by atoms with Crippen molar-refractivity contribution in [1.29, 1.82) is 0 Å². The molecule has 162 valence electrons. The first-order valence-corrected chi connectivity index (χ1v) is 11.7. The third-order valence-electron chi connectivity index (χ3n) is 4.92. The number of ketones is 1. The Bertz CT molecular complexity index is 1180. The summed E-state index contributed by atoms with van der Waals surface area (Å²) in [6.07, 6.45) is 5.40. The van der Waals surface area contributed by atoms with Gasteiger partial charge in [0.2, 0.25) is 0 Å². The van der Waals surface area contributed by atoms with E-state index in [4.69, 9.17) is 9.15 Å². The molecule has 0 aliphatic carbocycles. The standard InChI is InChI=1S/C27H25NO3S/c1-20-7-6-8-21(19-20)11-16-25(29)22-12-14-23(15-13-22)30-17-4-5-18-32-27-28-24-9-2-3-10-26(24)31-27/h2-3,6-16,19H,4-5,17-18H2,1H3. The predicted octanol–water partition coefficient (Wildman–Crippen LogP) is 6.98. The van der Waals surface area contributed by atoms with Gasteiger partial charge in [0, 0.05) is 11.3 Å². The lowest BCUT2D eigenvalue weighted by Crippen LogP contribution is -1.99. The van der Waals surface area contributed by atoms with Gasteiger partial charge in [0.15, 0.2) is 11.4 Å². The summed E-state index contributed by atoms with van der Waals surface area (Å²) in [6.45, 7) is 2.67. The first-order valence-electron chi connectivity index (χ1n) is 10.7. The monoisotopic (exact) mass is 443 g/mol. The molecule has 4 rings (SSSR count). The molecular formula is C27H25NO3S. The zero-order valence-corrected chi connectivity index (χ0v) is 18.8. The minimum Gasteiger partial charge on any atom is -0.494 e. The molecule has 4 aromatic rings. The number of benzene rings is 3. The molecule has 0 bridgehead atoms. The molecule has 0 unspecified atom stereocenters. The Kier molecular flexibility index (Phi) is 7.41. The number of unbranched alkanes of at least 4 members (excludes halogenated alkanes) is 1. The van der Waals surface area contributed by atoms with Crippen LogP contribution in [-0.2, 0) is 0 Å². The van der Waals surface area contributed by atoms with E-state index >= 15 is 0 Å². The highest BCUT2D eigenvalue weighted by Crippen LogP contribution is 2.24. The fourth-order valence-corrected chi connectivity index (χ4v) is 4.06. The molecule has 4 nitrogen and oxygen atoms in total. The van der Waals surface area contributed by atoms with Crippen LogP contribution in [0.25, 0.3) is 17.2 Å². The molecule has 0 saturated heterocycles. The molecule has 0 aliphatic rings. The molecule has 0 fully saturated rings. The average Bonchev–Trinajstić information content (AvgIpc) is 3.23. The van der Waals surface area contributed by atoms with E-state index in [1.165, 1.54) is 5.56 Å². The lowest BCUT2D eigenvalue weighted by Gasteiger charge is -2.06. The molecule has 0 spiro atoms. The number of aryl methyl sites for hydroxylation is 1. The second kappa shape index (κ2) is 10.8. The highest BCUT2D eigenvalue weighted by atomic mass is 32.2. The Morgan fingerprint density at radius 2 is 1.88 bits per heavy atom. The lowest BCUT2D eigenvalue weighted by molar-refractivity contribution is 0.104. The van der Waals surface area contributed by atoms with Gasteiger partial charge in [-0.1, -0.05) is 59.8 Å². The molecule has 0 amide bonds. The second-order valence-corrected chi connectivity index (χ2v) is 8.53. The van der Waals surface area contributed by atoms with Crippen LogP contribution < -0.4 is 4.74 Å². The van der Waals surface area contributed by atoms with Gasteiger partial charge in [0.25, 0.3) is 5.22 Å². The van der Waals surface area contributed by atoms with E-state index in [1.54, 1.807) is 30.0 Å². The fourth-order valence-electron chi connectivity index (χ4n) is 3.22. The van der Waals surface area contributed by atoms with Gasteiger partial charge in [-0.05, 0) is 67.8 Å². The molecule has 0 atom stereocenters. The summed E-state index contributed by atoms with van der Waals surface area (Å²) in [5.74, 6) is 1.68. The SMILES string of the molecule is Cc1cccc(C=CC(=O)c2ccc(OCCCCSc3nc4ccccc4o3)cc2)c1. The fraction of sp³-hybridized carbons (Fsp3) is 0.185. The van der Waals surface area contributed by atoms with Crippen LogP contribution in [0.15, 0.2) is 88.5 Å². The Morgan fingerprint density at radius 3 is 2.69 bits per heavy atom. The van der Waals surface area contributed by atoms with E-state index in [0.29, 0.717) is 17.4 Å². The topological polar surface area (TPSA) is 52.3 Å². The molecule has 1 aromatic heterocycles. The number of nitrogens with zero attached hydrogens (tertiary/aromatic N) is 1. The van der Waals surface area contributed by atoms with Gasteiger partial charge in [0.05, 0.1) is 6.61 Å². The average molecular weight is 444 g/mol. The van der Waals surface area contributed by atoms with Crippen LogP contribution in [0.5, 0.6) is 5.75 Å². The van der Waals surface area contributed by atoms with E-state index in [2.05, 4.69) is 4.98 Å². The number of allylic oxidation sites excluding steroid dienone is 1. The predicted molar refractivity (Wildman–Crippen MR) is 130 cm³/mol. The second-order valence-electron chi connectivity index (χ2n) is 7.49. The van der Waals surface area contributed by atoms with Crippen LogP contribution in [0.1, 0.15) is 34.3 Å². The molecular weight excluding hydrogens is 418 g/mol. The summed E-state index contributed by atoms with van der Waals surface area (Å²) in [7, 11) is 0. The molecule has 0 saturated carbocycles. The van der Waals surface area contributed by atoms with Crippen molar-refractivity contribution >= 4 is 34.7 Å². The summed E-state index contributed by atoms with van der Waals surface area (Å²) in [5, 5.41) is 0.712. The van der Waals surface area contributed by atoms with Gasteiger partial charge in [0.1, 0.15) is 11.3 Å². The number of hydrogen-bond donors (Lipinski definition) is 0. The molecule has 0 radical (unpaired) electrons. The van der Waals surface area contributed by atoms with Crippen LogP contribution in [-0.4, -0.2) is 23.1 Å². The zero-order chi connectivity index (χ0) is 22.2. The van der Waals surface area contributed by atoms with Gasteiger partial charge in [-0.25, -0.2) is 4.98 Å². The van der Waals surface area contributed by atoms with Crippen molar-refractivity contribution in [2.45, 2.75) is 25.0 Å². The Balaban J connectivity index is 1.17. The van der Waals surface area contributed by atoms with Gasteiger partial charge < -0.3 is 9.15 Å². The number of hydrogen-bond acceptors (Lipinski definition) is 5. The van der Waals surface area contributed by atoms with Gasteiger partial charge in [-0.3, -0.25) is 4.79 Å². The van der Waals surface area contributed by atoms with Crippen molar-refractivity contribution in [2.24, 2.45) is 0 Å². The number of oxazole rings is 1. The number of rotatable bonds is 10. The lowest BCUT2D eigenvalue weighted by atomic mass is 10.1. The summed E-state index contributed by atoms with van der Waals surface area (Å²) in [4.78, 5) is 16.8. The number of fused-ring (bicyclic) bond motifs is 1. The van der Waals surface area contributed by atoms with Crippen LogP contribution in [0.3, 0.4) is 0 Å². The highest BCUT2D eigenvalue weighted by Gasteiger charge is 2.05. The number of thioether (sulfide) groups is 1. The van der Waals surface area contributed by atoms with Gasteiger partial charge in [-0.15, -0.1) is 0 Å². The third kappa shape index (κ3) is 6.11. The summed E-state index contributed by atoms with van der Waals surface area (Å²) in [5.41, 5.74) is 4.56. The number of para-hydroxylation sites is 2. The maximum absolute atomic E-state index is 12.4. The summed E-state index contributed by atoms with van der Waals surface area (Å²) < 4.78 is 11.5. The van der Waals surface area contributed by atoms with Gasteiger partial charge in [-0.2, -0.15) is 0 Å². The van der Waals surface area contributed by atoms with E-state index in [-0.39, 0.29) is 5.78 Å². The minimum absolute atomic E-state index is 0.0192. The largest absolute Gasteiger partial charge is 0.494 e. The first kappa shape index (κ1) is 21.9. The van der Waals surface area contributed by atoms with E-state index in [9.17, 15) is 4.79 Å². The molecule has 32 heavy (non-hydrogen) atoms. The van der Waals surface area contributed by atoms with Crippen molar-refractivity contribution < 1.29 is 13.9 Å². The van der Waals surface area contributed by atoms with Crippen molar-refractivity contribution in [3.8, 4) is 5.75 Å². The zero-order valence-electron chi connectivity index (χ0n) is 18.0. The highest BCUT2D eigenvalue weighted by molar-refractivity contribution is 7.99. The van der Waals surface area contributed by atoms with E-state index in [1.807, 2.05) is 73.7 Å². The molecule has 3 aromatic carbocycles. The summed E-state index contributed by atoms with van der Waals surface area (Å²) in [6, 6.07) is 23.2. The van der Waals surface area contributed by atoms with Crippen LogP contribution >= 0.6 is 11.8 Å². The minimum atomic E-state index is -0.0192. The number of aromatic nitrogens is 1. The maximum atomic E-state index is 12.4. The Labute approximate surface area is 192 Å². The van der Waals surface area contributed by atoms with Crippen molar-refractivity contribution in [3.05, 3.63) is 95.6 Å². The Hall–Kier alpha value is -3.31. The van der Waals surface area contributed by atoms with E-state index in [0.717, 1.165) is 41.0 Å². The normalized spacial score (nSPS) is 11.3. The van der Waals surface area contributed by atoms with E-state index < -0.39 is 0 Å². The third-order valence-corrected chi connectivity index (χ3v) is 5.83. The molecule has 0 N–H and O–H groups in total.